The monoisotopic (exact) mass is 289 g/mol. The number of carbonyl (C=O) groups excluding carboxylic acids is 2. The highest BCUT2D eigenvalue weighted by Gasteiger charge is 2.24. The molecule has 20 heavy (non-hydrogen) atoms. The van der Waals surface area contributed by atoms with E-state index in [0.717, 1.165) is 10.5 Å². The zero-order valence-corrected chi connectivity index (χ0v) is 12.1. The smallest absolute Gasteiger partial charge is 0.230 e. The van der Waals surface area contributed by atoms with Crippen LogP contribution in [-0.2, 0) is 4.79 Å². The number of benzene rings is 1. The zero-order valence-electron chi connectivity index (χ0n) is 11.3. The van der Waals surface area contributed by atoms with Crippen molar-refractivity contribution >= 4 is 23.5 Å². The highest BCUT2D eigenvalue weighted by atomic mass is 32.2. The normalized spacial score (nSPS) is 11.9. The van der Waals surface area contributed by atoms with Crippen LogP contribution < -0.4 is 5.32 Å². The number of thioether (sulfide) groups is 1. The highest BCUT2D eigenvalue weighted by molar-refractivity contribution is 8.00. The van der Waals surface area contributed by atoms with Crippen molar-refractivity contribution in [2.45, 2.75) is 24.1 Å². The maximum Gasteiger partial charge on any atom is 0.230 e. The fourth-order valence-corrected chi connectivity index (χ4v) is 2.65. The lowest BCUT2D eigenvalue weighted by atomic mass is 10.2. The van der Waals surface area contributed by atoms with Crippen LogP contribution in [0.4, 0.5) is 0 Å². The molecule has 5 heteroatoms. The van der Waals surface area contributed by atoms with Crippen LogP contribution in [0.3, 0.4) is 0 Å². The number of furan rings is 1. The molecular formula is C15H15NO3S. The van der Waals surface area contributed by atoms with Crippen molar-refractivity contribution in [3.8, 4) is 0 Å². The fraction of sp³-hybridized carbons (Fsp3) is 0.200. The Morgan fingerprint density at radius 3 is 2.45 bits per heavy atom. The molecule has 1 N–H and O–H groups in total. The van der Waals surface area contributed by atoms with Crippen molar-refractivity contribution in [1.82, 2.24) is 5.32 Å². The predicted molar refractivity (Wildman–Crippen MR) is 77.7 cm³/mol. The Labute approximate surface area is 121 Å². The van der Waals surface area contributed by atoms with Crippen LogP contribution >= 0.6 is 11.8 Å². The Hall–Kier alpha value is -2.01. The van der Waals surface area contributed by atoms with Crippen LogP contribution in [0.1, 0.15) is 23.0 Å². The van der Waals surface area contributed by atoms with E-state index in [9.17, 15) is 9.59 Å². The average Bonchev–Trinajstić information content (AvgIpc) is 2.93. The highest BCUT2D eigenvalue weighted by Crippen LogP contribution is 2.25. The molecular weight excluding hydrogens is 274 g/mol. The molecule has 0 bridgehead atoms. The topological polar surface area (TPSA) is 59.3 Å². The van der Waals surface area contributed by atoms with Gasteiger partial charge in [0, 0.05) is 11.8 Å². The summed E-state index contributed by atoms with van der Waals surface area (Å²) in [5, 5.41) is 1.95. The van der Waals surface area contributed by atoms with Gasteiger partial charge in [-0.3, -0.25) is 9.59 Å². The van der Waals surface area contributed by atoms with Crippen molar-refractivity contribution in [3.05, 3.63) is 54.0 Å². The SMILES string of the molecule is CC(=O)NC(Sc1ccc(C)cc1)C(=O)c1ccco1. The van der Waals surface area contributed by atoms with Crippen LogP contribution in [0.2, 0.25) is 0 Å². The van der Waals surface area contributed by atoms with Gasteiger partial charge in [-0.1, -0.05) is 29.5 Å². The summed E-state index contributed by atoms with van der Waals surface area (Å²) in [6.45, 7) is 3.38. The Bertz CT molecular complexity index is 590. The number of carbonyl (C=O) groups is 2. The van der Waals surface area contributed by atoms with Crippen molar-refractivity contribution in [3.63, 3.8) is 0 Å². The minimum Gasteiger partial charge on any atom is -0.461 e. The molecule has 2 rings (SSSR count). The molecule has 0 radical (unpaired) electrons. The van der Waals surface area contributed by atoms with Crippen LogP contribution in [0.15, 0.2) is 52.0 Å². The third kappa shape index (κ3) is 3.74. The second-order valence-corrected chi connectivity index (χ2v) is 5.53. The standard InChI is InChI=1S/C15H15NO3S/c1-10-5-7-12(8-6-10)20-15(16-11(2)17)14(18)13-4-3-9-19-13/h3-9,15H,1-2H3,(H,16,17). The molecule has 0 aliphatic carbocycles. The van der Waals surface area contributed by atoms with E-state index < -0.39 is 5.37 Å². The zero-order chi connectivity index (χ0) is 14.5. The summed E-state index contributed by atoms with van der Waals surface area (Å²) >= 11 is 1.29. The van der Waals surface area contributed by atoms with E-state index >= 15 is 0 Å². The van der Waals surface area contributed by atoms with Gasteiger partial charge in [0.05, 0.1) is 6.26 Å². The molecule has 0 fully saturated rings. The van der Waals surface area contributed by atoms with E-state index in [2.05, 4.69) is 5.32 Å². The molecule has 1 aromatic heterocycles. The number of hydrogen-bond acceptors (Lipinski definition) is 4. The molecule has 0 saturated heterocycles. The van der Waals surface area contributed by atoms with Gasteiger partial charge < -0.3 is 9.73 Å². The largest absolute Gasteiger partial charge is 0.461 e. The molecule has 104 valence electrons. The molecule has 1 unspecified atom stereocenters. The number of ketones is 1. The van der Waals surface area contributed by atoms with Gasteiger partial charge in [-0.25, -0.2) is 0 Å². The lowest BCUT2D eigenvalue weighted by molar-refractivity contribution is -0.119. The van der Waals surface area contributed by atoms with E-state index in [-0.39, 0.29) is 17.5 Å². The molecule has 1 heterocycles. The first-order chi connectivity index (χ1) is 9.56. The summed E-state index contributed by atoms with van der Waals surface area (Å²) in [5.41, 5.74) is 1.14. The number of hydrogen-bond donors (Lipinski definition) is 1. The second-order valence-electron chi connectivity index (χ2n) is 4.35. The van der Waals surface area contributed by atoms with Crippen LogP contribution in [0, 0.1) is 6.92 Å². The lowest BCUT2D eigenvalue weighted by Crippen LogP contribution is -2.36. The van der Waals surface area contributed by atoms with E-state index in [1.165, 1.54) is 24.9 Å². The molecule has 4 nitrogen and oxygen atoms in total. The van der Waals surface area contributed by atoms with Crippen LogP contribution in [0.25, 0.3) is 0 Å². The van der Waals surface area contributed by atoms with Gasteiger partial charge in [-0.15, -0.1) is 0 Å². The lowest BCUT2D eigenvalue weighted by Gasteiger charge is -2.15. The summed E-state index contributed by atoms with van der Waals surface area (Å²) in [6, 6.07) is 11.0. The molecule has 0 aliphatic heterocycles. The summed E-state index contributed by atoms with van der Waals surface area (Å²) in [7, 11) is 0. The second kappa shape index (κ2) is 6.43. The Morgan fingerprint density at radius 1 is 1.20 bits per heavy atom. The predicted octanol–water partition coefficient (Wildman–Crippen LogP) is 3.03. The van der Waals surface area contributed by atoms with Gasteiger partial charge in [-0.2, -0.15) is 0 Å². The van der Waals surface area contributed by atoms with E-state index in [4.69, 9.17) is 4.42 Å². The number of amides is 1. The Morgan fingerprint density at radius 2 is 1.90 bits per heavy atom. The number of Topliss-reactive ketones (excluding diaryl/α,β-unsaturated/α-hetero) is 1. The molecule has 0 saturated carbocycles. The molecule has 1 amide bonds. The Kier molecular flexibility index (Phi) is 4.63. The average molecular weight is 289 g/mol. The number of aryl methyl sites for hydroxylation is 1. The van der Waals surface area contributed by atoms with E-state index in [1.54, 1.807) is 12.1 Å². The Balaban J connectivity index is 2.17. The minimum absolute atomic E-state index is 0.239. The van der Waals surface area contributed by atoms with Crippen LogP contribution in [-0.4, -0.2) is 17.1 Å². The quantitative estimate of drug-likeness (QED) is 0.522. The van der Waals surface area contributed by atoms with E-state index in [1.807, 2.05) is 31.2 Å². The van der Waals surface area contributed by atoms with Gasteiger partial charge in [0.1, 0.15) is 5.37 Å². The first kappa shape index (κ1) is 14.4. The number of nitrogens with one attached hydrogen (secondary N) is 1. The first-order valence-corrected chi connectivity index (χ1v) is 7.02. The minimum atomic E-state index is -0.693. The van der Waals surface area contributed by atoms with Crippen molar-refractivity contribution in [2.75, 3.05) is 0 Å². The first-order valence-electron chi connectivity index (χ1n) is 6.14. The maximum atomic E-state index is 12.3. The summed E-state index contributed by atoms with van der Waals surface area (Å²) < 4.78 is 5.10. The fourth-order valence-electron chi connectivity index (χ4n) is 1.63. The summed E-state index contributed by atoms with van der Waals surface area (Å²) in [5.74, 6) is -0.270. The van der Waals surface area contributed by atoms with Gasteiger partial charge in [0.15, 0.2) is 5.76 Å². The van der Waals surface area contributed by atoms with Crippen molar-refractivity contribution in [1.29, 1.82) is 0 Å². The molecule has 1 aromatic carbocycles. The van der Waals surface area contributed by atoms with Gasteiger partial charge in [-0.05, 0) is 31.2 Å². The van der Waals surface area contributed by atoms with Crippen molar-refractivity contribution in [2.24, 2.45) is 0 Å². The van der Waals surface area contributed by atoms with Gasteiger partial charge in [0.25, 0.3) is 0 Å². The summed E-state index contributed by atoms with van der Waals surface area (Å²) in [6.07, 6.45) is 1.44. The van der Waals surface area contributed by atoms with Gasteiger partial charge >= 0.3 is 0 Å². The van der Waals surface area contributed by atoms with E-state index in [0.29, 0.717) is 0 Å². The third-order valence-corrected chi connectivity index (χ3v) is 3.72. The van der Waals surface area contributed by atoms with Gasteiger partial charge in [0.2, 0.25) is 11.7 Å². The maximum absolute atomic E-state index is 12.3. The third-order valence-electron chi connectivity index (χ3n) is 2.61. The van der Waals surface area contributed by atoms with Crippen molar-refractivity contribution < 1.29 is 14.0 Å². The molecule has 1 atom stereocenters. The molecule has 0 spiro atoms. The molecule has 0 aliphatic rings. The molecule has 2 aromatic rings. The summed E-state index contributed by atoms with van der Waals surface area (Å²) in [4.78, 5) is 24.5. The number of rotatable bonds is 5. The van der Waals surface area contributed by atoms with Crippen LogP contribution in [0.5, 0.6) is 0 Å².